The molecule has 0 saturated heterocycles. The number of allylic oxidation sites excluding steroid dienone is 4. The Bertz CT molecular complexity index is 1330. The summed E-state index contributed by atoms with van der Waals surface area (Å²) >= 11 is 0. The van der Waals surface area contributed by atoms with Crippen molar-refractivity contribution in [1.29, 1.82) is 0 Å². The molecule has 0 bridgehead atoms. The summed E-state index contributed by atoms with van der Waals surface area (Å²) in [5.74, 6) is -0.0962. The van der Waals surface area contributed by atoms with E-state index in [-0.39, 0.29) is 34.8 Å². The molecule has 5 nitrogen and oxygen atoms in total. The lowest BCUT2D eigenvalue weighted by Crippen LogP contribution is -2.44. The van der Waals surface area contributed by atoms with Crippen molar-refractivity contribution in [1.82, 2.24) is 4.90 Å². The van der Waals surface area contributed by atoms with Gasteiger partial charge in [0.1, 0.15) is 18.2 Å². The van der Waals surface area contributed by atoms with Gasteiger partial charge in [-0.15, -0.1) is 0 Å². The van der Waals surface area contributed by atoms with E-state index in [1.165, 1.54) is 6.07 Å². The van der Waals surface area contributed by atoms with Crippen molar-refractivity contribution in [3.8, 4) is 5.75 Å². The van der Waals surface area contributed by atoms with Gasteiger partial charge >= 0.3 is 0 Å². The molecule has 6 heteroatoms. The first kappa shape index (κ1) is 28.3. The molecule has 2 aromatic rings. The van der Waals surface area contributed by atoms with Crippen LogP contribution >= 0.6 is 0 Å². The van der Waals surface area contributed by atoms with Crippen molar-refractivity contribution in [2.24, 2.45) is 10.8 Å². The van der Waals surface area contributed by atoms with Crippen LogP contribution < -0.4 is 4.74 Å². The molecule has 0 fully saturated rings. The summed E-state index contributed by atoms with van der Waals surface area (Å²) in [5.41, 5.74) is 4.34. The van der Waals surface area contributed by atoms with Crippen LogP contribution in [0, 0.1) is 16.6 Å². The van der Waals surface area contributed by atoms with Gasteiger partial charge in [0.15, 0.2) is 11.6 Å². The zero-order valence-electron chi connectivity index (χ0n) is 24.3. The van der Waals surface area contributed by atoms with Crippen LogP contribution in [-0.2, 0) is 20.9 Å². The molecule has 5 rings (SSSR count). The first-order valence-electron chi connectivity index (χ1n) is 14.3. The molecular weight excluding hydrogens is 505 g/mol. The summed E-state index contributed by atoms with van der Waals surface area (Å²) in [7, 11) is 1.69. The minimum Gasteiger partial charge on any atom is -0.488 e. The Labute approximate surface area is 237 Å². The Hall–Kier alpha value is -3.25. The highest BCUT2D eigenvalue weighted by molar-refractivity contribution is 6.07. The van der Waals surface area contributed by atoms with Gasteiger partial charge in [0.25, 0.3) is 0 Å². The van der Waals surface area contributed by atoms with Crippen LogP contribution in [-0.4, -0.2) is 36.7 Å². The molecule has 0 saturated carbocycles. The predicted molar refractivity (Wildman–Crippen MR) is 153 cm³/mol. The summed E-state index contributed by atoms with van der Waals surface area (Å²) in [4.78, 5) is 30.3. The second-order valence-corrected chi connectivity index (χ2v) is 13.0. The van der Waals surface area contributed by atoms with Gasteiger partial charge in [0.2, 0.25) is 0 Å². The number of Topliss-reactive ketones (excluding diaryl/α,β-unsaturated/α-hetero) is 2. The Morgan fingerprint density at radius 3 is 2.02 bits per heavy atom. The molecule has 0 N–H and O–H groups in total. The zero-order chi connectivity index (χ0) is 28.7. The topological polar surface area (TPSA) is 55.8 Å². The third-order valence-electron chi connectivity index (χ3n) is 8.32. The van der Waals surface area contributed by atoms with E-state index < -0.39 is 5.92 Å². The number of ether oxygens (including phenoxy) is 2. The molecule has 0 aromatic heterocycles. The molecule has 2 aromatic carbocycles. The number of halogens is 1. The molecule has 3 aliphatic rings. The van der Waals surface area contributed by atoms with Gasteiger partial charge in [-0.25, -0.2) is 4.39 Å². The van der Waals surface area contributed by atoms with Crippen molar-refractivity contribution in [3.05, 3.63) is 88.0 Å². The van der Waals surface area contributed by atoms with Gasteiger partial charge in [0.05, 0.1) is 0 Å². The van der Waals surface area contributed by atoms with Gasteiger partial charge in [0, 0.05) is 72.7 Å². The summed E-state index contributed by atoms with van der Waals surface area (Å²) in [5, 5.41) is 0. The third kappa shape index (κ3) is 5.51. The predicted octanol–water partition coefficient (Wildman–Crippen LogP) is 7.13. The third-order valence-corrected chi connectivity index (χ3v) is 8.32. The van der Waals surface area contributed by atoms with Crippen molar-refractivity contribution in [3.63, 3.8) is 0 Å². The van der Waals surface area contributed by atoms with Gasteiger partial charge in [-0.2, -0.15) is 0 Å². The van der Waals surface area contributed by atoms with Crippen LogP contribution in [0.15, 0.2) is 71.1 Å². The maximum atomic E-state index is 14.4. The van der Waals surface area contributed by atoms with E-state index in [0.717, 1.165) is 36.2 Å². The number of nitrogens with zero attached hydrogens (tertiary/aromatic N) is 1. The maximum Gasteiger partial charge on any atom is 0.162 e. The first-order valence-corrected chi connectivity index (χ1v) is 14.3. The standard InChI is InChI=1S/C34H40FNO4/c1-33(2)17-25-31(27(37)19-33)30(23-12-7-9-14-29(23)40-21-22-11-6-8-13-24(22)35)32-26(36(25)15-10-16-39-5)18-34(3,4)20-28(32)38/h6-9,11-14,30H,10,15-21H2,1-5H3. The average Bonchev–Trinajstić information content (AvgIpc) is 2.87. The summed E-state index contributed by atoms with van der Waals surface area (Å²) in [6.07, 6.45) is 3.15. The van der Waals surface area contributed by atoms with Crippen molar-refractivity contribution < 1.29 is 23.5 Å². The lowest BCUT2D eigenvalue weighted by Gasteiger charge is -2.49. The molecule has 2 aliphatic carbocycles. The molecule has 1 heterocycles. The number of rotatable bonds is 8. The van der Waals surface area contributed by atoms with E-state index in [0.29, 0.717) is 48.5 Å². The monoisotopic (exact) mass is 545 g/mol. The van der Waals surface area contributed by atoms with E-state index in [2.05, 4.69) is 32.6 Å². The molecular formula is C34H40FNO4. The number of benzene rings is 2. The Kier molecular flexibility index (Phi) is 7.75. The van der Waals surface area contributed by atoms with Crippen LogP contribution in [0.2, 0.25) is 0 Å². The normalized spacial score (nSPS) is 20.5. The van der Waals surface area contributed by atoms with Gasteiger partial charge in [-0.3, -0.25) is 9.59 Å². The summed E-state index contributed by atoms with van der Waals surface area (Å²) < 4.78 is 26.0. The highest BCUT2D eigenvalue weighted by atomic mass is 19.1. The summed E-state index contributed by atoms with van der Waals surface area (Å²) in [6.45, 7) is 9.91. The van der Waals surface area contributed by atoms with Crippen molar-refractivity contribution >= 4 is 11.6 Å². The molecule has 1 aliphatic heterocycles. The SMILES string of the molecule is COCCCN1C2=C(C(=O)CC(C)(C)C2)C(c2ccccc2OCc2ccccc2F)C2=C1CC(C)(C)CC2=O. The Balaban J connectivity index is 1.67. The largest absolute Gasteiger partial charge is 0.488 e. The van der Waals surface area contributed by atoms with Crippen LogP contribution in [0.25, 0.3) is 0 Å². The molecule has 0 radical (unpaired) electrons. The van der Waals surface area contributed by atoms with E-state index in [4.69, 9.17) is 9.47 Å². The molecule has 40 heavy (non-hydrogen) atoms. The van der Waals surface area contributed by atoms with E-state index in [1.807, 2.05) is 24.3 Å². The molecule has 0 atom stereocenters. The number of ketones is 2. The van der Waals surface area contributed by atoms with Crippen LogP contribution in [0.3, 0.4) is 0 Å². The van der Waals surface area contributed by atoms with Gasteiger partial charge in [-0.05, 0) is 42.2 Å². The minimum atomic E-state index is -0.507. The maximum absolute atomic E-state index is 14.4. The fraction of sp³-hybridized carbons (Fsp3) is 0.471. The lowest BCUT2D eigenvalue weighted by molar-refractivity contribution is -0.119. The fourth-order valence-corrected chi connectivity index (χ4v) is 6.62. The number of carbonyl (C=O) groups is 2. The number of methoxy groups -OCH3 is 1. The van der Waals surface area contributed by atoms with Gasteiger partial charge in [-0.1, -0.05) is 64.1 Å². The minimum absolute atomic E-state index is 0.0549. The molecule has 0 spiro atoms. The van der Waals surface area contributed by atoms with E-state index in [9.17, 15) is 14.0 Å². The summed E-state index contributed by atoms with van der Waals surface area (Å²) in [6, 6.07) is 14.2. The van der Waals surface area contributed by atoms with Crippen molar-refractivity contribution in [2.45, 2.75) is 72.3 Å². The van der Waals surface area contributed by atoms with Gasteiger partial charge < -0.3 is 14.4 Å². The average molecular weight is 546 g/mol. The Morgan fingerprint density at radius 2 is 1.43 bits per heavy atom. The highest BCUT2D eigenvalue weighted by Crippen LogP contribution is 2.55. The van der Waals surface area contributed by atoms with Crippen LogP contribution in [0.4, 0.5) is 4.39 Å². The fourth-order valence-electron chi connectivity index (χ4n) is 6.62. The van der Waals surface area contributed by atoms with Crippen LogP contribution in [0.1, 0.15) is 76.8 Å². The first-order chi connectivity index (χ1) is 19.0. The number of carbonyl (C=O) groups excluding carboxylic acids is 2. The molecule has 0 unspecified atom stereocenters. The molecule has 0 amide bonds. The quantitative estimate of drug-likeness (QED) is 0.331. The second kappa shape index (κ2) is 11.0. The number of para-hydroxylation sites is 1. The lowest BCUT2D eigenvalue weighted by atomic mass is 9.63. The zero-order valence-corrected chi connectivity index (χ0v) is 24.3. The number of hydrogen-bond acceptors (Lipinski definition) is 5. The van der Waals surface area contributed by atoms with Crippen LogP contribution in [0.5, 0.6) is 5.75 Å². The van der Waals surface area contributed by atoms with E-state index >= 15 is 0 Å². The second-order valence-electron chi connectivity index (χ2n) is 13.0. The number of hydrogen-bond donors (Lipinski definition) is 0. The smallest absolute Gasteiger partial charge is 0.162 e. The Morgan fingerprint density at radius 1 is 0.850 bits per heavy atom. The van der Waals surface area contributed by atoms with Crippen molar-refractivity contribution in [2.75, 3.05) is 20.3 Å². The van der Waals surface area contributed by atoms with E-state index in [1.54, 1.807) is 25.3 Å². The molecule has 212 valence electrons. The highest BCUT2D eigenvalue weighted by Gasteiger charge is 2.49.